The molecule has 1 N–H and O–H groups in total. The van der Waals surface area contributed by atoms with E-state index >= 15 is 0 Å². The van der Waals surface area contributed by atoms with Crippen LogP contribution < -0.4 is 9.64 Å². The first-order chi connectivity index (χ1) is 18.4. The molecule has 214 valence electrons. The average molecular weight is 556 g/mol. The van der Waals surface area contributed by atoms with Crippen molar-refractivity contribution in [3.63, 3.8) is 0 Å². The molecule has 39 heavy (non-hydrogen) atoms. The van der Waals surface area contributed by atoms with E-state index in [2.05, 4.69) is 37.6 Å². The highest BCUT2D eigenvalue weighted by molar-refractivity contribution is 7.14. The van der Waals surface area contributed by atoms with Crippen LogP contribution in [0.2, 0.25) is 0 Å². The average Bonchev–Trinajstić information content (AvgIpc) is 3.32. The SMILES string of the molecule is CC1CCC(C(=O)N(c2cc(C(C)(C)C)sc2C(=O)O)[C@H]2CC[C@H](Oc3cc(CN(C)C)ccn3)CC2)CC1. The number of thiophene rings is 1. The molecular weight excluding hydrogens is 510 g/mol. The fourth-order valence-electron chi connectivity index (χ4n) is 5.85. The minimum atomic E-state index is -0.957. The number of carbonyl (C=O) groups is 2. The number of pyridine rings is 1. The standard InChI is InChI=1S/C31H45N3O4S/c1-20-7-9-22(10-8-20)29(35)34(25-18-26(31(2,3)4)39-28(25)30(36)37)23-11-13-24(14-12-23)38-27-17-21(15-16-32-27)19-33(5)6/h15-18,20,22-24H,7-14,19H2,1-6H3,(H,36,37)/t20?,22?,23-,24-. The van der Waals surface area contributed by atoms with Gasteiger partial charge in [-0.2, -0.15) is 0 Å². The van der Waals surface area contributed by atoms with Gasteiger partial charge in [0.1, 0.15) is 11.0 Å². The zero-order valence-electron chi connectivity index (χ0n) is 24.4. The Morgan fingerprint density at radius 2 is 1.72 bits per heavy atom. The molecule has 8 heteroatoms. The van der Waals surface area contributed by atoms with Gasteiger partial charge < -0.3 is 19.6 Å². The molecule has 2 aliphatic carbocycles. The van der Waals surface area contributed by atoms with Crippen molar-refractivity contribution in [1.29, 1.82) is 0 Å². The minimum absolute atomic E-state index is 0.0300. The van der Waals surface area contributed by atoms with Crippen LogP contribution in [0.4, 0.5) is 5.69 Å². The Morgan fingerprint density at radius 3 is 2.31 bits per heavy atom. The minimum Gasteiger partial charge on any atom is -0.477 e. The van der Waals surface area contributed by atoms with Gasteiger partial charge in [0.2, 0.25) is 11.8 Å². The van der Waals surface area contributed by atoms with Gasteiger partial charge in [-0.05, 0) is 94.5 Å². The first-order valence-corrected chi connectivity index (χ1v) is 15.2. The molecule has 0 unspecified atom stereocenters. The van der Waals surface area contributed by atoms with Crippen molar-refractivity contribution in [2.45, 2.75) is 103 Å². The fourth-order valence-corrected chi connectivity index (χ4v) is 6.90. The van der Waals surface area contributed by atoms with E-state index in [4.69, 9.17) is 4.74 Å². The van der Waals surface area contributed by atoms with Crippen molar-refractivity contribution in [2.24, 2.45) is 11.8 Å². The summed E-state index contributed by atoms with van der Waals surface area (Å²) in [7, 11) is 4.08. The maximum absolute atomic E-state index is 14.1. The summed E-state index contributed by atoms with van der Waals surface area (Å²) in [5.41, 5.74) is 1.55. The molecule has 7 nitrogen and oxygen atoms in total. The molecule has 0 radical (unpaired) electrons. The number of amides is 1. The fraction of sp³-hybridized carbons (Fsp3) is 0.645. The molecule has 0 bridgehead atoms. The second-order valence-electron chi connectivity index (χ2n) is 12.8. The number of hydrogen-bond donors (Lipinski definition) is 1. The van der Waals surface area contributed by atoms with Gasteiger partial charge in [0, 0.05) is 35.6 Å². The molecule has 1 amide bonds. The summed E-state index contributed by atoms with van der Waals surface area (Å²) in [6.45, 7) is 9.35. The molecule has 0 atom stereocenters. The number of aromatic nitrogens is 1. The number of ether oxygens (including phenoxy) is 1. The normalized spacial score (nSPS) is 24.0. The van der Waals surface area contributed by atoms with Gasteiger partial charge in [0.15, 0.2) is 0 Å². The topological polar surface area (TPSA) is 83.0 Å². The number of hydrogen-bond acceptors (Lipinski definition) is 6. The third-order valence-corrected chi connectivity index (χ3v) is 9.64. The van der Waals surface area contributed by atoms with E-state index in [1.807, 2.05) is 37.2 Å². The molecule has 0 saturated heterocycles. The van der Waals surface area contributed by atoms with Crippen molar-refractivity contribution >= 4 is 28.9 Å². The zero-order chi connectivity index (χ0) is 28.3. The maximum Gasteiger partial charge on any atom is 0.348 e. The van der Waals surface area contributed by atoms with Gasteiger partial charge in [-0.1, -0.05) is 27.7 Å². The Bertz CT molecular complexity index is 1140. The third kappa shape index (κ3) is 7.40. The van der Waals surface area contributed by atoms with Crippen molar-refractivity contribution in [1.82, 2.24) is 9.88 Å². The van der Waals surface area contributed by atoms with Crippen LogP contribution in [0.3, 0.4) is 0 Å². The number of carboxylic acid groups (broad SMARTS) is 1. The monoisotopic (exact) mass is 555 g/mol. The second kappa shape index (κ2) is 12.4. The number of aromatic carboxylic acids is 1. The molecule has 2 fully saturated rings. The van der Waals surface area contributed by atoms with E-state index in [1.165, 1.54) is 11.3 Å². The summed E-state index contributed by atoms with van der Waals surface area (Å²) in [6.07, 6.45) is 8.83. The van der Waals surface area contributed by atoms with Crippen molar-refractivity contribution in [3.8, 4) is 5.88 Å². The lowest BCUT2D eigenvalue weighted by Gasteiger charge is -2.39. The van der Waals surface area contributed by atoms with Crippen molar-refractivity contribution in [3.05, 3.63) is 39.7 Å². The number of carbonyl (C=O) groups excluding carboxylic acids is 1. The van der Waals surface area contributed by atoms with Crippen LogP contribution in [-0.4, -0.2) is 53.1 Å². The Labute approximate surface area is 237 Å². The third-order valence-electron chi connectivity index (χ3n) is 8.10. The first kappa shape index (κ1) is 29.5. The molecule has 2 aromatic rings. The Morgan fingerprint density at radius 1 is 1.05 bits per heavy atom. The Kier molecular flexibility index (Phi) is 9.37. The van der Waals surface area contributed by atoms with Gasteiger partial charge >= 0.3 is 5.97 Å². The highest BCUT2D eigenvalue weighted by Gasteiger charge is 2.38. The molecule has 0 spiro atoms. The lowest BCUT2D eigenvalue weighted by Crippen LogP contribution is -2.47. The molecule has 0 aliphatic heterocycles. The van der Waals surface area contributed by atoms with Crippen LogP contribution in [0.15, 0.2) is 24.4 Å². The summed E-state index contributed by atoms with van der Waals surface area (Å²) < 4.78 is 6.29. The second-order valence-corrected chi connectivity index (χ2v) is 13.9. The maximum atomic E-state index is 14.1. The largest absolute Gasteiger partial charge is 0.477 e. The van der Waals surface area contributed by atoms with Gasteiger partial charge in [0.25, 0.3) is 0 Å². The van der Waals surface area contributed by atoms with Crippen molar-refractivity contribution < 1.29 is 19.4 Å². The van der Waals surface area contributed by atoms with Crippen LogP contribution in [0, 0.1) is 11.8 Å². The molecule has 0 aromatic carbocycles. The van der Waals surface area contributed by atoms with Crippen LogP contribution in [0.1, 0.15) is 99.2 Å². The summed E-state index contributed by atoms with van der Waals surface area (Å²) in [6, 6.07) is 5.95. The van der Waals surface area contributed by atoms with Crippen LogP contribution >= 0.6 is 11.3 Å². The van der Waals surface area contributed by atoms with Crippen molar-refractivity contribution in [2.75, 3.05) is 19.0 Å². The van der Waals surface area contributed by atoms with E-state index in [0.29, 0.717) is 17.5 Å². The number of rotatable bonds is 8. The smallest absolute Gasteiger partial charge is 0.348 e. The summed E-state index contributed by atoms with van der Waals surface area (Å²) >= 11 is 1.31. The highest BCUT2D eigenvalue weighted by atomic mass is 32.1. The zero-order valence-corrected chi connectivity index (χ0v) is 25.2. The Hall–Kier alpha value is -2.45. The van der Waals surface area contributed by atoms with E-state index < -0.39 is 5.97 Å². The molecule has 2 aromatic heterocycles. The molecule has 2 saturated carbocycles. The van der Waals surface area contributed by atoms with Gasteiger partial charge in [-0.3, -0.25) is 4.79 Å². The van der Waals surface area contributed by atoms with Gasteiger partial charge in [0.05, 0.1) is 5.69 Å². The number of anilines is 1. The van der Waals surface area contributed by atoms with Gasteiger partial charge in [-0.15, -0.1) is 11.3 Å². The first-order valence-electron chi connectivity index (χ1n) is 14.4. The quantitative estimate of drug-likeness (QED) is 0.388. The number of carboxylic acids is 1. The van der Waals surface area contributed by atoms with E-state index in [-0.39, 0.29) is 34.3 Å². The van der Waals surface area contributed by atoms with E-state index in [0.717, 1.165) is 68.4 Å². The highest BCUT2D eigenvalue weighted by Crippen LogP contribution is 2.42. The van der Waals surface area contributed by atoms with E-state index in [9.17, 15) is 14.7 Å². The summed E-state index contributed by atoms with van der Waals surface area (Å²) in [5.74, 6) is 0.385. The molecular formula is C31H45N3O4S. The van der Waals surface area contributed by atoms with Gasteiger partial charge in [-0.25, -0.2) is 9.78 Å². The lowest BCUT2D eigenvalue weighted by atomic mass is 9.81. The Balaban J connectivity index is 1.55. The lowest BCUT2D eigenvalue weighted by molar-refractivity contribution is -0.124. The summed E-state index contributed by atoms with van der Waals surface area (Å²) in [4.78, 5) is 36.2. The van der Waals surface area contributed by atoms with E-state index in [1.54, 1.807) is 6.20 Å². The molecule has 2 aliphatic rings. The van der Waals surface area contributed by atoms with Crippen LogP contribution in [0.5, 0.6) is 5.88 Å². The van der Waals surface area contributed by atoms with Crippen LogP contribution in [0.25, 0.3) is 0 Å². The predicted octanol–water partition coefficient (Wildman–Crippen LogP) is 6.75. The predicted molar refractivity (Wildman–Crippen MR) is 157 cm³/mol. The molecule has 4 rings (SSSR count). The number of nitrogens with zero attached hydrogens (tertiary/aromatic N) is 3. The summed E-state index contributed by atoms with van der Waals surface area (Å²) in [5, 5.41) is 10.1. The van der Waals surface area contributed by atoms with Crippen LogP contribution in [-0.2, 0) is 16.8 Å². The molecule has 2 heterocycles.